The molecule has 5 nitrogen and oxygen atoms in total. The van der Waals surface area contributed by atoms with Gasteiger partial charge in [0.2, 0.25) is 0 Å². The van der Waals surface area contributed by atoms with Crippen molar-refractivity contribution in [2.24, 2.45) is 0 Å². The van der Waals surface area contributed by atoms with Gasteiger partial charge in [-0.3, -0.25) is 4.79 Å². The van der Waals surface area contributed by atoms with Crippen LogP contribution < -0.4 is 10.2 Å². The number of rotatable bonds is 4. The Balaban J connectivity index is 1.44. The van der Waals surface area contributed by atoms with E-state index in [9.17, 15) is 4.79 Å². The molecule has 5 heteroatoms. The van der Waals surface area contributed by atoms with E-state index < -0.39 is 0 Å². The molecule has 0 atom stereocenters. The number of hydrogen-bond acceptors (Lipinski definition) is 4. The Morgan fingerprint density at radius 2 is 1.77 bits per heavy atom. The highest BCUT2D eigenvalue weighted by atomic mass is 16.2. The quantitative estimate of drug-likeness (QED) is 0.707. The van der Waals surface area contributed by atoms with Crippen molar-refractivity contribution in [2.75, 3.05) is 36.4 Å². The molecule has 3 heterocycles. The molecule has 1 aromatic heterocycles. The smallest absolute Gasteiger partial charge is 0.253 e. The molecule has 30 heavy (non-hydrogen) atoms. The minimum Gasteiger partial charge on any atom is -0.367 e. The first-order valence-corrected chi connectivity index (χ1v) is 10.7. The Morgan fingerprint density at radius 3 is 2.60 bits per heavy atom. The summed E-state index contributed by atoms with van der Waals surface area (Å²) in [4.78, 5) is 21.8. The highest BCUT2D eigenvalue weighted by Crippen LogP contribution is 2.33. The zero-order valence-electron chi connectivity index (χ0n) is 17.1. The summed E-state index contributed by atoms with van der Waals surface area (Å²) in [6, 6.07) is 20.7. The molecule has 0 unspecified atom stereocenters. The molecule has 0 saturated carbocycles. The lowest BCUT2D eigenvalue weighted by molar-refractivity contribution is 0.0793. The average molecular weight is 399 g/mol. The summed E-state index contributed by atoms with van der Waals surface area (Å²) in [5.74, 6) is 1.05. The zero-order chi connectivity index (χ0) is 20.3. The Hall–Kier alpha value is -3.34. The molecule has 1 saturated heterocycles. The van der Waals surface area contributed by atoms with Gasteiger partial charge in [0.15, 0.2) is 0 Å². The molecule has 5 rings (SSSR count). The lowest BCUT2D eigenvalue weighted by Crippen LogP contribution is -2.34. The summed E-state index contributed by atoms with van der Waals surface area (Å²) in [5.41, 5.74) is 5.21. The van der Waals surface area contributed by atoms with E-state index >= 15 is 0 Å². The molecule has 2 aromatic carbocycles. The largest absolute Gasteiger partial charge is 0.367 e. The number of fused-ring (bicyclic) bond motifs is 1. The summed E-state index contributed by atoms with van der Waals surface area (Å²) in [7, 11) is 0. The fourth-order valence-corrected chi connectivity index (χ4v) is 4.32. The Labute approximate surface area is 177 Å². The zero-order valence-corrected chi connectivity index (χ0v) is 17.1. The van der Waals surface area contributed by atoms with Crippen LogP contribution in [0, 0.1) is 0 Å². The van der Waals surface area contributed by atoms with Crippen molar-refractivity contribution < 1.29 is 4.79 Å². The molecular weight excluding hydrogens is 372 g/mol. The van der Waals surface area contributed by atoms with Gasteiger partial charge in [-0.25, -0.2) is 4.98 Å². The molecule has 0 radical (unpaired) electrons. The van der Waals surface area contributed by atoms with E-state index in [4.69, 9.17) is 4.98 Å². The van der Waals surface area contributed by atoms with Crippen LogP contribution in [0.1, 0.15) is 28.8 Å². The number of amides is 1. The number of carbonyl (C=O) groups excluding carboxylic acids is 1. The first kappa shape index (κ1) is 18.7. The topological polar surface area (TPSA) is 48.5 Å². The summed E-state index contributed by atoms with van der Waals surface area (Å²) in [5, 5.41) is 3.41. The Kier molecular flexibility index (Phi) is 5.10. The normalized spacial score (nSPS) is 15.6. The van der Waals surface area contributed by atoms with Crippen molar-refractivity contribution in [3.05, 3.63) is 78.0 Å². The number of pyridine rings is 1. The van der Waals surface area contributed by atoms with Crippen LogP contribution in [0.25, 0.3) is 11.1 Å². The summed E-state index contributed by atoms with van der Waals surface area (Å²) >= 11 is 0. The van der Waals surface area contributed by atoms with Crippen LogP contribution in [0.4, 0.5) is 11.5 Å². The second-order valence-electron chi connectivity index (χ2n) is 8.01. The van der Waals surface area contributed by atoms with E-state index in [2.05, 4.69) is 46.6 Å². The maximum atomic E-state index is 12.8. The van der Waals surface area contributed by atoms with Crippen LogP contribution >= 0.6 is 0 Å². The van der Waals surface area contributed by atoms with Crippen LogP contribution in [0.3, 0.4) is 0 Å². The van der Waals surface area contributed by atoms with Gasteiger partial charge >= 0.3 is 0 Å². The standard InChI is InChI=1S/C25H26N4O/c30-25(28-12-4-5-13-28)21-10-6-9-20(15-21)22-16-23-24(27-17-22)26-11-14-29(23)18-19-7-2-1-3-8-19/h1-3,6-10,15-17H,4-5,11-14,18H2,(H,26,27). The highest BCUT2D eigenvalue weighted by molar-refractivity contribution is 5.95. The molecule has 1 amide bonds. The minimum atomic E-state index is 0.132. The van der Waals surface area contributed by atoms with Crippen molar-refractivity contribution in [2.45, 2.75) is 19.4 Å². The average Bonchev–Trinajstić information content (AvgIpc) is 3.34. The third kappa shape index (κ3) is 3.75. The van der Waals surface area contributed by atoms with Crippen LogP contribution in [0.2, 0.25) is 0 Å². The van der Waals surface area contributed by atoms with Gasteiger partial charge in [-0.1, -0.05) is 42.5 Å². The molecule has 0 spiro atoms. The highest BCUT2D eigenvalue weighted by Gasteiger charge is 2.21. The number of hydrogen-bond donors (Lipinski definition) is 1. The minimum absolute atomic E-state index is 0.132. The number of nitrogens with one attached hydrogen (secondary N) is 1. The van der Waals surface area contributed by atoms with Gasteiger partial charge in [0.25, 0.3) is 5.91 Å². The van der Waals surface area contributed by atoms with Gasteiger partial charge in [0, 0.05) is 50.0 Å². The number of likely N-dealkylation sites (tertiary alicyclic amines) is 1. The van der Waals surface area contributed by atoms with E-state index in [-0.39, 0.29) is 5.91 Å². The number of benzene rings is 2. The van der Waals surface area contributed by atoms with Gasteiger partial charge in [-0.05, 0) is 42.2 Å². The Morgan fingerprint density at radius 1 is 0.933 bits per heavy atom. The van der Waals surface area contributed by atoms with Crippen molar-refractivity contribution in [3.8, 4) is 11.1 Å². The van der Waals surface area contributed by atoms with Crippen LogP contribution in [-0.4, -0.2) is 42.0 Å². The maximum absolute atomic E-state index is 12.8. The number of anilines is 2. The van der Waals surface area contributed by atoms with Crippen LogP contribution in [0.5, 0.6) is 0 Å². The molecule has 1 N–H and O–H groups in total. The van der Waals surface area contributed by atoms with E-state index in [1.54, 1.807) is 0 Å². The third-order valence-corrected chi connectivity index (χ3v) is 5.93. The number of nitrogens with zero attached hydrogens (tertiary/aromatic N) is 3. The van der Waals surface area contributed by atoms with Gasteiger partial charge in [0.05, 0.1) is 5.69 Å². The van der Waals surface area contributed by atoms with Gasteiger partial charge in [0.1, 0.15) is 5.82 Å². The summed E-state index contributed by atoms with van der Waals surface area (Å²) in [6.07, 6.45) is 4.10. The van der Waals surface area contributed by atoms with E-state index in [0.29, 0.717) is 0 Å². The fourth-order valence-electron chi connectivity index (χ4n) is 4.32. The lowest BCUT2D eigenvalue weighted by Gasteiger charge is -2.31. The first-order chi connectivity index (χ1) is 14.8. The molecule has 0 bridgehead atoms. The predicted molar refractivity (Wildman–Crippen MR) is 121 cm³/mol. The SMILES string of the molecule is O=C(c1cccc(-c2cnc3c(c2)N(Cc2ccccc2)CCN3)c1)N1CCCC1. The van der Waals surface area contributed by atoms with Crippen molar-refractivity contribution in [1.29, 1.82) is 0 Å². The fraction of sp³-hybridized carbons (Fsp3) is 0.280. The molecular formula is C25H26N4O. The van der Waals surface area contributed by atoms with Crippen molar-refractivity contribution in [3.63, 3.8) is 0 Å². The predicted octanol–water partition coefficient (Wildman–Crippen LogP) is 4.42. The van der Waals surface area contributed by atoms with Crippen LogP contribution in [0.15, 0.2) is 66.9 Å². The lowest BCUT2D eigenvalue weighted by atomic mass is 10.0. The Bertz CT molecular complexity index is 1040. The molecule has 2 aliphatic rings. The summed E-state index contributed by atoms with van der Waals surface area (Å²) < 4.78 is 0. The first-order valence-electron chi connectivity index (χ1n) is 10.7. The van der Waals surface area contributed by atoms with Gasteiger partial charge in [-0.15, -0.1) is 0 Å². The molecule has 152 valence electrons. The van der Waals surface area contributed by atoms with Crippen molar-refractivity contribution >= 4 is 17.4 Å². The van der Waals surface area contributed by atoms with Gasteiger partial charge < -0.3 is 15.1 Å². The van der Waals surface area contributed by atoms with Gasteiger partial charge in [-0.2, -0.15) is 0 Å². The second-order valence-corrected chi connectivity index (χ2v) is 8.01. The van der Waals surface area contributed by atoms with Crippen molar-refractivity contribution in [1.82, 2.24) is 9.88 Å². The number of carbonyl (C=O) groups is 1. The molecule has 3 aromatic rings. The molecule has 0 aliphatic carbocycles. The van der Waals surface area contributed by atoms with E-state index in [1.165, 1.54) is 5.56 Å². The van der Waals surface area contributed by atoms with E-state index in [0.717, 1.165) is 73.8 Å². The van der Waals surface area contributed by atoms with E-state index in [1.807, 2.05) is 35.4 Å². The summed E-state index contributed by atoms with van der Waals surface area (Å²) in [6.45, 7) is 4.40. The second kappa shape index (κ2) is 8.19. The van der Waals surface area contributed by atoms with Crippen LogP contribution in [-0.2, 0) is 6.54 Å². The maximum Gasteiger partial charge on any atom is 0.253 e. The third-order valence-electron chi connectivity index (χ3n) is 5.93. The monoisotopic (exact) mass is 398 g/mol. The molecule has 1 fully saturated rings. The molecule has 2 aliphatic heterocycles. The number of aromatic nitrogens is 1.